The van der Waals surface area contributed by atoms with Crippen molar-refractivity contribution in [3.63, 3.8) is 0 Å². The van der Waals surface area contributed by atoms with E-state index in [9.17, 15) is 0 Å². The minimum atomic E-state index is 0.113. The molecule has 0 radical (unpaired) electrons. The maximum Gasteiger partial charge on any atom is 0.214 e. The molecule has 1 aromatic rings. The normalized spacial score (nSPS) is 12.1. The summed E-state index contributed by atoms with van der Waals surface area (Å²) in [6.45, 7) is 12.0. The highest BCUT2D eigenvalue weighted by Crippen LogP contribution is 2.14. The van der Waals surface area contributed by atoms with E-state index in [2.05, 4.69) is 44.1 Å². The van der Waals surface area contributed by atoms with Crippen LogP contribution in [0.3, 0.4) is 0 Å². The predicted octanol–water partition coefficient (Wildman–Crippen LogP) is 3.49. The molecule has 1 N–H and O–H groups in total. The molecule has 0 aromatic carbocycles. The Morgan fingerprint density at radius 3 is 2.63 bits per heavy atom. The molecule has 1 aromatic heterocycles. The highest BCUT2D eigenvalue weighted by molar-refractivity contribution is 5.25. The standard InChI is InChI=1S/C16H26N2O/c1-6-8-9-19-15-11-13(10-14(7-2)18-15)12-17-16(3,4)5/h6,8,10-11,17H,7,9,12H2,1-5H3/b8-6+. The van der Waals surface area contributed by atoms with E-state index in [-0.39, 0.29) is 5.54 Å². The Labute approximate surface area is 117 Å². The zero-order valence-corrected chi connectivity index (χ0v) is 12.8. The van der Waals surface area contributed by atoms with Gasteiger partial charge in [0.25, 0.3) is 0 Å². The van der Waals surface area contributed by atoms with E-state index in [0.717, 1.165) is 18.7 Å². The predicted molar refractivity (Wildman–Crippen MR) is 80.5 cm³/mol. The number of hydrogen-bond donors (Lipinski definition) is 1. The molecule has 1 rings (SSSR count). The summed E-state index contributed by atoms with van der Waals surface area (Å²) >= 11 is 0. The molecule has 0 aliphatic carbocycles. The van der Waals surface area contributed by atoms with E-state index in [1.54, 1.807) is 0 Å². The third kappa shape index (κ3) is 6.39. The van der Waals surface area contributed by atoms with Crippen LogP contribution in [0.2, 0.25) is 0 Å². The van der Waals surface area contributed by atoms with Crippen LogP contribution < -0.4 is 10.1 Å². The molecule has 3 nitrogen and oxygen atoms in total. The van der Waals surface area contributed by atoms with E-state index >= 15 is 0 Å². The van der Waals surface area contributed by atoms with Crippen LogP contribution in [-0.2, 0) is 13.0 Å². The lowest BCUT2D eigenvalue weighted by Crippen LogP contribution is -2.35. The largest absolute Gasteiger partial charge is 0.473 e. The van der Waals surface area contributed by atoms with Gasteiger partial charge in [-0.15, -0.1) is 0 Å². The zero-order valence-electron chi connectivity index (χ0n) is 12.8. The van der Waals surface area contributed by atoms with Crippen molar-refractivity contribution in [1.29, 1.82) is 0 Å². The zero-order chi connectivity index (χ0) is 14.3. The smallest absolute Gasteiger partial charge is 0.214 e. The quantitative estimate of drug-likeness (QED) is 0.797. The van der Waals surface area contributed by atoms with Crippen LogP contribution in [0.15, 0.2) is 24.3 Å². The van der Waals surface area contributed by atoms with Gasteiger partial charge in [0, 0.05) is 23.8 Å². The maximum absolute atomic E-state index is 5.64. The maximum atomic E-state index is 5.64. The molecule has 0 saturated heterocycles. The van der Waals surface area contributed by atoms with E-state index in [0.29, 0.717) is 12.5 Å². The molecule has 0 aliphatic rings. The molecule has 0 amide bonds. The molecule has 0 bridgehead atoms. The molecule has 0 unspecified atom stereocenters. The van der Waals surface area contributed by atoms with Crippen molar-refractivity contribution >= 4 is 0 Å². The fraction of sp³-hybridized carbons (Fsp3) is 0.562. The van der Waals surface area contributed by atoms with Gasteiger partial charge in [0.1, 0.15) is 6.61 Å². The van der Waals surface area contributed by atoms with Gasteiger partial charge in [0.15, 0.2) is 0 Å². The molecule has 19 heavy (non-hydrogen) atoms. The van der Waals surface area contributed by atoms with Crippen LogP contribution in [-0.4, -0.2) is 17.1 Å². The van der Waals surface area contributed by atoms with Gasteiger partial charge in [0.05, 0.1) is 0 Å². The number of pyridine rings is 1. The van der Waals surface area contributed by atoms with Crippen molar-refractivity contribution in [2.75, 3.05) is 6.61 Å². The Morgan fingerprint density at radius 1 is 1.32 bits per heavy atom. The molecule has 0 saturated carbocycles. The number of aromatic nitrogens is 1. The summed E-state index contributed by atoms with van der Waals surface area (Å²) in [5.74, 6) is 0.711. The summed E-state index contributed by atoms with van der Waals surface area (Å²) in [6.07, 6.45) is 4.88. The van der Waals surface area contributed by atoms with Crippen molar-refractivity contribution in [2.45, 2.75) is 53.1 Å². The third-order valence-electron chi connectivity index (χ3n) is 2.66. The molecule has 0 atom stereocenters. The second-order valence-corrected chi connectivity index (χ2v) is 5.64. The molecular formula is C16H26N2O. The fourth-order valence-corrected chi connectivity index (χ4v) is 1.57. The summed E-state index contributed by atoms with van der Waals surface area (Å²) in [7, 11) is 0. The van der Waals surface area contributed by atoms with E-state index in [4.69, 9.17) is 4.74 Å². The molecule has 0 aliphatic heterocycles. The SMILES string of the molecule is C/C=C/COc1cc(CNC(C)(C)C)cc(CC)n1. The van der Waals surface area contributed by atoms with Crippen molar-refractivity contribution < 1.29 is 4.74 Å². The van der Waals surface area contributed by atoms with Gasteiger partial charge in [-0.2, -0.15) is 0 Å². The number of aryl methyl sites for hydroxylation is 1. The van der Waals surface area contributed by atoms with Crippen molar-refractivity contribution in [3.05, 3.63) is 35.5 Å². The second kappa shape index (κ2) is 7.29. The average molecular weight is 262 g/mol. The van der Waals surface area contributed by atoms with E-state index < -0.39 is 0 Å². The van der Waals surface area contributed by atoms with Crippen LogP contribution in [0.5, 0.6) is 5.88 Å². The van der Waals surface area contributed by atoms with Crippen molar-refractivity contribution in [3.8, 4) is 5.88 Å². The van der Waals surface area contributed by atoms with Gasteiger partial charge < -0.3 is 10.1 Å². The molecule has 0 fully saturated rings. The fourth-order valence-electron chi connectivity index (χ4n) is 1.57. The number of ether oxygens (including phenoxy) is 1. The Hall–Kier alpha value is -1.35. The van der Waals surface area contributed by atoms with Crippen LogP contribution in [0.25, 0.3) is 0 Å². The minimum absolute atomic E-state index is 0.113. The average Bonchev–Trinajstić information content (AvgIpc) is 2.36. The van der Waals surface area contributed by atoms with Crippen LogP contribution in [0.1, 0.15) is 45.9 Å². The lowest BCUT2D eigenvalue weighted by molar-refractivity contribution is 0.346. The summed E-state index contributed by atoms with van der Waals surface area (Å²) in [5, 5.41) is 3.49. The summed E-state index contributed by atoms with van der Waals surface area (Å²) in [6, 6.07) is 4.16. The molecule has 106 valence electrons. The Morgan fingerprint density at radius 2 is 2.05 bits per heavy atom. The van der Waals surface area contributed by atoms with Crippen molar-refractivity contribution in [2.24, 2.45) is 0 Å². The van der Waals surface area contributed by atoms with Gasteiger partial charge in [-0.05, 0) is 45.7 Å². The van der Waals surface area contributed by atoms with E-state index in [1.807, 2.05) is 25.1 Å². The minimum Gasteiger partial charge on any atom is -0.473 e. The lowest BCUT2D eigenvalue weighted by atomic mass is 10.1. The topological polar surface area (TPSA) is 34.1 Å². The highest BCUT2D eigenvalue weighted by atomic mass is 16.5. The molecule has 3 heteroatoms. The molecule has 0 spiro atoms. The highest BCUT2D eigenvalue weighted by Gasteiger charge is 2.09. The summed E-state index contributed by atoms with van der Waals surface area (Å²) in [4.78, 5) is 4.48. The molecule has 1 heterocycles. The Kier molecular flexibility index (Phi) is 6.03. The summed E-state index contributed by atoms with van der Waals surface area (Å²) in [5.41, 5.74) is 2.41. The first kappa shape index (κ1) is 15.7. The van der Waals surface area contributed by atoms with E-state index in [1.165, 1.54) is 5.56 Å². The van der Waals surface area contributed by atoms with Crippen LogP contribution in [0.4, 0.5) is 0 Å². The third-order valence-corrected chi connectivity index (χ3v) is 2.66. The number of nitrogens with one attached hydrogen (secondary N) is 1. The van der Waals surface area contributed by atoms with Crippen LogP contribution in [0, 0.1) is 0 Å². The van der Waals surface area contributed by atoms with Gasteiger partial charge >= 0.3 is 0 Å². The number of nitrogens with zero attached hydrogens (tertiary/aromatic N) is 1. The van der Waals surface area contributed by atoms with Gasteiger partial charge in [-0.25, -0.2) is 4.98 Å². The first-order chi connectivity index (χ1) is 8.94. The first-order valence-corrected chi connectivity index (χ1v) is 6.93. The monoisotopic (exact) mass is 262 g/mol. The van der Waals surface area contributed by atoms with Gasteiger partial charge in [0.2, 0.25) is 5.88 Å². The van der Waals surface area contributed by atoms with Gasteiger partial charge in [-0.3, -0.25) is 0 Å². The lowest BCUT2D eigenvalue weighted by Gasteiger charge is -2.21. The molecular weight excluding hydrogens is 236 g/mol. The Bertz CT molecular complexity index is 419. The number of rotatable bonds is 6. The second-order valence-electron chi connectivity index (χ2n) is 5.64. The first-order valence-electron chi connectivity index (χ1n) is 6.93. The Balaban J connectivity index is 2.76. The summed E-state index contributed by atoms with van der Waals surface area (Å²) < 4.78 is 5.64. The van der Waals surface area contributed by atoms with Gasteiger partial charge in [-0.1, -0.05) is 19.1 Å². The number of hydrogen-bond acceptors (Lipinski definition) is 3. The van der Waals surface area contributed by atoms with Crippen molar-refractivity contribution in [1.82, 2.24) is 10.3 Å². The van der Waals surface area contributed by atoms with Crippen LogP contribution >= 0.6 is 0 Å². The number of allylic oxidation sites excluding steroid dienone is 1.